The Bertz CT molecular complexity index is 792. The van der Waals surface area contributed by atoms with Crippen LogP contribution in [0.4, 0.5) is 0 Å². The van der Waals surface area contributed by atoms with Crippen LogP contribution in [0, 0.1) is 0 Å². The number of furan rings is 1. The molecular weight excluding hydrogens is 507 g/mol. The molecule has 31 heavy (non-hydrogen) atoms. The lowest BCUT2D eigenvalue weighted by Crippen LogP contribution is -2.40. The summed E-state index contributed by atoms with van der Waals surface area (Å²) in [7, 11) is 1.56. The second kappa shape index (κ2) is 13.5. The van der Waals surface area contributed by atoms with Crippen LogP contribution >= 0.6 is 24.0 Å². The van der Waals surface area contributed by atoms with Crippen molar-refractivity contribution in [2.24, 2.45) is 4.99 Å². The predicted molar refractivity (Wildman–Crippen MR) is 135 cm³/mol. The van der Waals surface area contributed by atoms with E-state index in [2.05, 4.69) is 22.5 Å². The molecule has 0 aliphatic carbocycles. The van der Waals surface area contributed by atoms with Gasteiger partial charge in [0, 0.05) is 13.1 Å². The standard InChI is InChI=1S/C23H34N4O3.HI/c1-3-24-23(25-13-12-18-9-7-10-21(29-2)22(18)28)26-17-19(20-11-8-16-30-20)27-14-5-4-6-15-27;/h7-11,16,19,28H,3-6,12-15,17H2,1-2H3,(H2,24,25,26);1H. The average molecular weight is 542 g/mol. The summed E-state index contributed by atoms with van der Waals surface area (Å²) in [4.78, 5) is 7.31. The summed E-state index contributed by atoms with van der Waals surface area (Å²) >= 11 is 0. The number of para-hydroxylation sites is 1. The number of aliphatic imine (C=N–C) groups is 1. The third-order valence-corrected chi connectivity index (χ3v) is 5.46. The molecule has 0 spiro atoms. The van der Waals surface area contributed by atoms with Crippen LogP contribution in [0.3, 0.4) is 0 Å². The maximum Gasteiger partial charge on any atom is 0.191 e. The van der Waals surface area contributed by atoms with E-state index in [0.29, 0.717) is 25.3 Å². The number of halogens is 1. The Morgan fingerprint density at radius 2 is 2.00 bits per heavy atom. The van der Waals surface area contributed by atoms with Crippen molar-refractivity contribution in [3.8, 4) is 11.5 Å². The molecule has 0 radical (unpaired) electrons. The van der Waals surface area contributed by atoms with Crippen molar-refractivity contribution in [3.05, 3.63) is 47.9 Å². The van der Waals surface area contributed by atoms with E-state index >= 15 is 0 Å². The monoisotopic (exact) mass is 542 g/mol. The number of benzene rings is 1. The Balaban J connectivity index is 0.00000341. The first-order chi connectivity index (χ1) is 14.7. The first kappa shape index (κ1) is 25.3. The minimum absolute atomic E-state index is 0. The summed E-state index contributed by atoms with van der Waals surface area (Å²) in [5.74, 6) is 2.44. The van der Waals surface area contributed by atoms with Gasteiger partial charge in [0.2, 0.25) is 0 Å². The Morgan fingerprint density at radius 1 is 1.19 bits per heavy atom. The molecule has 172 valence electrons. The van der Waals surface area contributed by atoms with Gasteiger partial charge in [-0.05, 0) is 63.0 Å². The molecule has 1 aliphatic heterocycles. The second-order valence-electron chi connectivity index (χ2n) is 7.49. The number of hydrogen-bond donors (Lipinski definition) is 3. The number of rotatable bonds is 9. The van der Waals surface area contributed by atoms with E-state index in [1.54, 1.807) is 19.4 Å². The van der Waals surface area contributed by atoms with Crippen LogP contribution in [0.2, 0.25) is 0 Å². The number of hydrogen-bond acceptors (Lipinski definition) is 5. The number of methoxy groups -OCH3 is 1. The fourth-order valence-corrected chi connectivity index (χ4v) is 3.87. The summed E-state index contributed by atoms with van der Waals surface area (Å²) in [5.41, 5.74) is 0.847. The van der Waals surface area contributed by atoms with Crippen LogP contribution in [-0.2, 0) is 6.42 Å². The molecule has 2 aromatic rings. The van der Waals surface area contributed by atoms with Gasteiger partial charge in [-0.1, -0.05) is 18.6 Å². The SMILES string of the molecule is CCNC(=NCC(c1ccco1)N1CCCCC1)NCCc1cccc(OC)c1O.I. The number of phenolic OH excluding ortho intramolecular Hbond substituents is 1. The largest absolute Gasteiger partial charge is 0.504 e. The van der Waals surface area contributed by atoms with E-state index in [1.807, 2.05) is 24.3 Å². The van der Waals surface area contributed by atoms with Crippen LogP contribution in [0.1, 0.15) is 43.6 Å². The van der Waals surface area contributed by atoms with Crippen molar-refractivity contribution in [1.82, 2.24) is 15.5 Å². The molecule has 3 N–H and O–H groups in total. The van der Waals surface area contributed by atoms with E-state index in [9.17, 15) is 5.11 Å². The molecule has 8 heteroatoms. The Labute approximate surface area is 202 Å². The van der Waals surface area contributed by atoms with Gasteiger partial charge in [-0.3, -0.25) is 9.89 Å². The molecule has 1 atom stereocenters. The highest BCUT2D eigenvalue weighted by Gasteiger charge is 2.24. The van der Waals surface area contributed by atoms with Crippen molar-refractivity contribution in [1.29, 1.82) is 0 Å². The van der Waals surface area contributed by atoms with E-state index in [4.69, 9.17) is 14.1 Å². The van der Waals surface area contributed by atoms with Crippen molar-refractivity contribution in [2.75, 3.05) is 39.8 Å². The molecule has 0 amide bonds. The van der Waals surface area contributed by atoms with Gasteiger partial charge < -0.3 is 24.9 Å². The molecule has 3 rings (SSSR count). The van der Waals surface area contributed by atoms with E-state index < -0.39 is 0 Å². The maximum absolute atomic E-state index is 10.3. The zero-order valence-corrected chi connectivity index (χ0v) is 20.8. The number of likely N-dealkylation sites (tertiary alicyclic amines) is 1. The predicted octanol–water partition coefficient (Wildman–Crippen LogP) is 3.94. The number of phenols is 1. The lowest BCUT2D eigenvalue weighted by molar-refractivity contribution is 0.150. The fourth-order valence-electron chi connectivity index (χ4n) is 3.87. The van der Waals surface area contributed by atoms with Crippen molar-refractivity contribution in [3.63, 3.8) is 0 Å². The van der Waals surface area contributed by atoms with Gasteiger partial charge in [-0.15, -0.1) is 24.0 Å². The number of nitrogens with zero attached hydrogens (tertiary/aromatic N) is 2. The molecule has 1 aliphatic rings. The first-order valence-corrected chi connectivity index (χ1v) is 10.9. The zero-order valence-electron chi connectivity index (χ0n) is 18.5. The molecule has 2 heterocycles. The molecule has 7 nitrogen and oxygen atoms in total. The van der Waals surface area contributed by atoms with Gasteiger partial charge in [-0.25, -0.2) is 0 Å². The molecule has 1 saturated heterocycles. The van der Waals surface area contributed by atoms with Gasteiger partial charge in [0.1, 0.15) is 5.76 Å². The lowest BCUT2D eigenvalue weighted by Gasteiger charge is -2.32. The van der Waals surface area contributed by atoms with Gasteiger partial charge in [0.15, 0.2) is 17.5 Å². The molecule has 0 saturated carbocycles. The first-order valence-electron chi connectivity index (χ1n) is 10.9. The number of nitrogens with one attached hydrogen (secondary N) is 2. The highest BCUT2D eigenvalue weighted by Crippen LogP contribution is 2.29. The molecule has 1 aromatic heterocycles. The normalized spacial score (nSPS) is 15.7. The molecule has 1 fully saturated rings. The highest BCUT2D eigenvalue weighted by molar-refractivity contribution is 14.0. The third kappa shape index (κ3) is 7.31. The number of piperidine rings is 1. The van der Waals surface area contributed by atoms with Gasteiger partial charge >= 0.3 is 0 Å². The highest BCUT2D eigenvalue weighted by atomic mass is 127. The topological polar surface area (TPSA) is 82.3 Å². The maximum atomic E-state index is 10.3. The van der Waals surface area contributed by atoms with Crippen molar-refractivity contribution >= 4 is 29.9 Å². The lowest BCUT2D eigenvalue weighted by atomic mass is 10.1. The minimum atomic E-state index is 0. The van der Waals surface area contributed by atoms with E-state index in [-0.39, 0.29) is 35.8 Å². The zero-order chi connectivity index (χ0) is 21.2. The summed E-state index contributed by atoms with van der Waals surface area (Å²) in [6, 6.07) is 9.69. The summed E-state index contributed by atoms with van der Waals surface area (Å²) < 4.78 is 10.9. The number of guanidine groups is 1. The van der Waals surface area contributed by atoms with E-state index in [1.165, 1.54) is 19.3 Å². The Hall–Kier alpha value is -1.94. The minimum Gasteiger partial charge on any atom is -0.504 e. The van der Waals surface area contributed by atoms with Crippen molar-refractivity contribution in [2.45, 2.75) is 38.6 Å². The number of ether oxygens (including phenoxy) is 1. The van der Waals surface area contributed by atoms with Gasteiger partial charge in [-0.2, -0.15) is 0 Å². The van der Waals surface area contributed by atoms with Crippen LogP contribution in [-0.4, -0.2) is 55.8 Å². The van der Waals surface area contributed by atoms with Crippen LogP contribution in [0.15, 0.2) is 46.0 Å². The molecule has 1 unspecified atom stereocenters. The molecule has 0 bridgehead atoms. The Kier molecular flexibility index (Phi) is 11.0. The molecular formula is C23H35IN4O3. The molecule has 1 aromatic carbocycles. The summed E-state index contributed by atoms with van der Waals surface area (Å²) in [6.45, 7) is 6.29. The summed E-state index contributed by atoms with van der Waals surface area (Å²) in [6.07, 6.45) is 6.15. The fraction of sp³-hybridized carbons (Fsp3) is 0.522. The quantitative estimate of drug-likeness (QED) is 0.253. The number of aromatic hydroxyl groups is 1. The van der Waals surface area contributed by atoms with Crippen LogP contribution in [0.25, 0.3) is 0 Å². The average Bonchev–Trinajstić information content (AvgIpc) is 3.30. The smallest absolute Gasteiger partial charge is 0.191 e. The van der Waals surface area contributed by atoms with Crippen LogP contribution < -0.4 is 15.4 Å². The Morgan fingerprint density at radius 3 is 2.68 bits per heavy atom. The van der Waals surface area contributed by atoms with Gasteiger partial charge in [0.25, 0.3) is 0 Å². The third-order valence-electron chi connectivity index (χ3n) is 5.46. The second-order valence-corrected chi connectivity index (χ2v) is 7.49. The van der Waals surface area contributed by atoms with E-state index in [0.717, 1.165) is 36.9 Å². The van der Waals surface area contributed by atoms with Gasteiger partial charge in [0.05, 0.1) is 26.0 Å². The van der Waals surface area contributed by atoms with Crippen molar-refractivity contribution < 1.29 is 14.3 Å². The summed E-state index contributed by atoms with van der Waals surface area (Å²) in [5, 5.41) is 17.0. The van der Waals surface area contributed by atoms with Crippen LogP contribution in [0.5, 0.6) is 11.5 Å².